The fourth-order valence-electron chi connectivity index (χ4n) is 2.03. The van der Waals surface area contributed by atoms with Crippen molar-refractivity contribution in [2.24, 2.45) is 11.8 Å². The van der Waals surface area contributed by atoms with Crippen molar-refractivity contribution < 1.29 is 4.79 Å². The number of likely N-dealkylation sites (tertiary alicyclic amines) is 1. The first kappa shape index (κ1) is 11.3. The van der Waals surface area contributed by atoms with E-state index in [0.29, 0.717) is 0 Å². The van der Waals surface area contributed by atoms with Crippen LogP contribution in [0, 0.1) is 11.8 Å². The van der Waals surface area contributed by atoms with E-state index in [1.165, 1.54) is 12.8 Å². The number of carbonyl (C=O) groups excluding carboxylic acids is 1. The summed E-state index contributed by atoms with van der Waals surface area (Å²) in [5.74, 6) is 1.74. The minimum Gasteiger partial charge on any atom is -0.339 e. The molecule has 0 bridgehead atoms. The highest BCUT2D eigenvalue weighted by Gasteiger charge is 2.22. The molecular weight excluding hydrogens is 174 g/mol. The summed E-state index contributed by atoms with van der Waals surface area (Å²) in [6, 6.07) is 0. The van der Waals surface area contributed by atoms with Gasteiger partial charge < -0.3 is 4.90 Å². The zero-order valence-electron chi connectivity index (χ0n) is 9.49. The zero-order chi connectivity index (χ0) is 10.6. The normalized spacial score (nSPS) is 19.6. The summed E-state index contributed by atoms with van der Waals surface area (Å²) in [4.78, 5) is 13.5. The molecule has 0 atom stereocenters. The summed E-state index contributed by atoms with van der Waals surface area (Å²) in [7, 11) is 0. The van der Waals surface area contributed by atoms with E-state index >= 15 is 0 Å². The lowest BCUT2D eigenvalue weighted by Crippen LogP contribution is -2.38. The van der Waals surface area contributed by atoms with E-state index < -0.39 is 0 Å². The predicted octanol–water partition coefficient (Wildman–Crippen LogP) is 2.46. The van der Waals surface area contributed by atoms with Crippen molar-refractivity contribution in [1.82, 2.24) is 4.90 Å². The Bertz CT molecular complexity index is 212. The number of amides is 1. The molecule has 1 heterocycles. The standard InChI is InChI=1S/C12H21NO/c1-4-5-12(14)13-8-6-11(7-9-13)10(2)3/h4-5,10-11H,6-9H2,1-3H3. The van der Waals surface area contributed by atoms with Gasteiger partial charge in [-0.3, -0.25) is 4.79 Å². The van der Waals surface area contributed by atoms with E-state index in [-0.39, 0.29) is 5.91 Å². The van der Waals surface area contributed by atoms with E-state index in [1.807, 2.05) is 17.9 Å². The molecular formula is C12H21NO. The molecule has 0 unspecified atom stereocenters. The Hall–Kier alpha value is -0.790. The van der Waals surface area contributed by atoms with Crippen LogP contribution >= 0.6 is 0 Å². The molecule has 0 aromatic rings. The van der Waals surface area contributed by atoms with E-state index in [9.17, 15) is 4.79 Å². The third-order valence-electron chi connectivity index (χ3n) is 3.10. The number of allylic oxidation sites excluding steroid dienone is 1. The van der Waals surface area contributed by atoms with Crippen molar-refractivity contribution >= 4 is 5.91 Å². The zero-order valence-corrected chi connectivity index (χ0v) is 9.49. The number of carbonyl (C=O) groups is 1. The quantitative estimate of drug-likeness (QED) is 0.620. The number of hydrogen-bond acceptors (Lipinski definition) is 1. The Morgan fingerprint density at radius 1 is 1.36 bits per heavy atom. The van der Waals surface area contributed by atoms with Crippen LogP contribution in [0.3, 0.4) is 0 Å². The molecule has 14 heavy (non-hydrogen) atoms. The first-order chi connectivity index (χ1) is 6.65. The maximum absolute atomic E-state index is 11.5. The molecule has 1 amide bonds. The summed E-state index contributed by atoms with van der Waals surface area (Å²) in [5, 5.41) is 0. The van der Waals surface area contributed by atoms with Crippen molar-refractivity contribution in [3.63, 3.8) is 0 Å². The van der Waals surface area contributed by atoms with Crippen LogP contribution in [0.15, 0.2) is 12.2 Å². The van der Waals surface area contributed by atoms with Gasteiger partial charge in [0.2, 0.25) is 5.91 Å². The highest BCUT2D eigenvalue weighted by molar-refractivity contribution is 5.87. The van der Waals surface area contributed by atoms with Crippen LogP contribution < -0.4 is 0 Å². The number of rotatable bonds is 2. The average Bonchev–Trinajstić information content (AvgIpc) is 2.18. The van der Waals surface area contributed by atoms with Crippen molar-refractivity contribution in [1.29, 1.82) is 0 Å². The van der Waals surface area contributed by atoms with Gasteiger partial charge in [-0.1, -0.05) is 19.9 Å². The Morgan fingerprint density at radius 3 is 2.36 bits per heavy atom. The van der Waals surface area contributed by atoms with Gasteiger partial charge in [-0.2, -0.15) is 0 Å². The molecule has 2 heteroatoms. The molecule has 0 aromatic heterocycles. The molecule has 1 aliphatic rings. The largest absolute Gasteiger partial charge is 0.339 e. The molecule has 80 valence electrons. The Balaban J connectivity index is 2.39. The summed E-state index contributed by atoms with van der Waals surface area (Å²) in [5.41, 5.74) is 0. The topological polar surface area (TPSA) is 20.3 Å². The third-order valence-corrected chi connectivity index (χ3v) is 3.10. The van der Waals surface area contributed by atoms with Gasteiger partial charge in [0.1, 0.15) is 0 Å². The number of hydrogen-bond donors (Lipinski definition) is 0. The highest BCUT2D eigenvalue weighted by Crippen LogP contribution is 2.24. The van der Waals surface area contributed by atoms with Gasteiger partial charge in [0, 0.05) is 13.1 Å². The monoisotopic (exact) mass is 195 g/mol. The van der Waals surface area contributed by atoms with Gasteiger partial charge in [0.25, 0.3) is 0 Å². The van der Waals surface area contributed by atoms with Crippen LogP contribution in [-0.2, 0) is 4.79 Å². The van der Waals surface area contributed by atoms with Gasteiger partial charge in [-0.05, 0) is 37.7 Å². The smallest absolute Gasteiger partial charge is 0.246 e. The molecule has 1 saturated heterocycles. The van der Waals surface area contributed by atoms with Crippen molar-refractivity contribution in [2.75, 3.05) is 13.1 Å². The maximum atomic E-state index is 11.5. The van der Waals surface area contributed by atoms with Gasteiger partial charge in [0.15, 0.2) is 0 Å². The number of piperidine rings is 1. The highest BCUT2D eigenvalue weighted by atomic mass is 16.2. The van der Waals surface area contributed by atoms with Gasteiger partial charge in [-0.15, -0.1) is 0 Å². The second kappa shape index (κ2) is 5.18. The average molecular weight is 195 g/mol. The van der Waals surface area contributed by atoms with E-state index in [1.54, 1.807) is 6.08 Å². The molecule has 1 fully saturated rings. The van der Waals surface area contributed by atoms with Crippen LogP contribution in [0.5, 0.6) is 0 Å². The van der Waals surface area contributed by atoms with Crippen LogP contribution in [0.25, 0.3) is 0 Å². The second-order valence-corrected chi connectivity index (χ2v) is 4.41. The fraction of sp³-hybridized carbons (Fsp3) is 0.750. The molecule has 0 N–H and O–H groups in total. The third kappa shape index (κ3) is 2.86. The Labute approximate surface area is 87.0 Å². The lowest BCUT2D eigenvalue weighted by atomic mass is 9.87. The van der Waals surface area contributed by atoms with E-state index in [2.05, 4.69) is 13.8 Å². The molecule has 0 aromatic carbocycles. The summed E-state index contributed by atoms with van der Waals surface area (Å²) >= 11 is 0. The lowest BCUT2D eigenvalue weighted by Gasteiger charge is -2.33. The summed E-state index contributed by atoms with van der Waals surface area (Å²) in [6.07, 6.45) is 5.81. The van der Waals surface area contributed by atoms with Gasteiger partial charge in [0.05, 0.1) is 0 Å². The van der Waals surface area contributed by atoms with Crippen molar-refractivity contribution in [2.45, 2.75) is 33.6 Å². The lowest BCUT2D eigenvalue weighted by molar-refractivity contribution is -0.127. The van der Waals surface area contributed by atoms with Crippen molar-refractivity contribution in [3.05, 3.63) is 12.2 Å². The Kier molecular flexibility index (Phi) is 4.18. The number of nitrogens with zero attached hydrogens (tertiary/aromatic N) is 1. The predicted molar refractivity (Wildman–Crippen MR) is 59.0 cm³/mol. The summed E-state index contributed by atoms with van der Waals surface area (Å²) in [6.45, 7) is 8.30. The first-order valence-electron chi connectivity index (χ1n) is 5.56. The van der Waals surface area contributed by atoms with E-state index in [4.69, 9.17) is 0 Å². The molecule has 1 aliphatic heterocycles. The molecule has 0 aliphatic carbocycles. The Morgan fingerprint density at radius 2 is 1.93 bits per heavy atom. The SMILES string of the molecule is CC=CC(=O)N1CCC(C(C)C)CC1. The minimum atomic E-state index is 0.176. The van der Waals surface area contributed by atoms with Crippen LogP contribution in [0.1, 0.15) is 33.6 Å². The maximum Gasteiger partial charge on any atom is 0.246 e. The van der Waals surface area contributed by atoms with Gasteiger partial charge >= 0.3 is 0 Å². The second-order valence-electron chi connectivity index (χ2n) is 4.41. The molecule has 0 radical (unpaired) electrons. The van der Waals surface area contributed by atoms with Crippen LogP contribution in [-0.4, -0.2) is 23.9 Å². The van der Waals surface area contributed by atoms with E-state index in [0.717, 1.165) is 24.9 Å². The first-order valence-corrected chi connectivity index (χ1v) is 5.56. The van der Waals surface area contributed by atoms with Crippen molar-refractivity contribution in [3.8, 4) is 0 Å². The molecule has 2 nitrogen and oxygen atoms in total. The van der Waals surface area contributed by atoms with Gasteiger partial charge in [-0.25, -0.2) is 0 Å². The molecule has 0 saturated carbocycles. The minimum absolute atomic E-state index is 0.176. The fourth-order valence-corrected chi connectivity index (χ4v) is 2.03. The molecule has 0 spiro atoms. The molecule has 1 rings (SSSR count). The van der Waals surface area contributed by atoms with Crippen LogP contribution in [0.4, 0.5) is 0 Å². The van der Waals surface area contributed by atoms with Crippen LogP contribution in [0.2, 0.25) is 0 Å². The summed E-state index contributed by atoms with van der Waals surface area (Å²) < 4.78 is 0.